The van der Waals surface area contributed by atoms with Gasteiger partial charge >= 0.3 is 0 Å². The number of nitrogens with one attached hydrogen (secondary N) is 2. The normalized spacial score (nSPS) is 18.1. The fourth-order valence-corrected chi connectivity index (χ4v) is 2.90. The molecule has 2 amide bonds. The standard InChI is InChI=1S/C16H23N3O3/c1-10-7-11(2)18-16(22)14(10)8-17-15(21)13-5-4-6-19(9-13)12(3)20/h7,13H,4-6,8-9H2,1-3H3,(H,17,21)(H,18,22). The fraction of sp³-hybridized carbons (Fsp3) is 0.562. The quantitative estimate of drug-likeness (QED) is 0.869. The Morgan fingerprint density at radius 2 is 2.14 bits per heavy atom. The van der Waals surface area contributed by atoms with Crippen LogP contribution in [0.15, 0.2) is 10.9 Å². The van der Waals surface area contributed by atoms with E-state index in [1.165, 1.54) is 6.92 Å². The summed E-state index contributed by atoms with van der Waals surface area (Å²) < 4.78 is 0. The van der Waals surface area contributed by atoms with Crippen LogP contribution in [0.4, 0.5) is 0 Å². The molecule has 1 saturated heterocycles. The maximum Gasteiger partial charge on any atom is 0.253 e. The Kier molecular flexibility index (Phi) is 5.00. The van der Waals surface area contributed by atoms with E-state index in [0.717, 1.165) is 30.6 Å². The molecule has 0 aromatic carbocycles. The highest BCUT2D eigenvalue weighted by atomic mass is 16.2. The minimum absolute atomic E-state index is 0.00308. The number of aromatic nitrogens is 1. The van der Waals surface area contributed by atoms with Crippen LogP contribution in [0.2, 0.25) is 0 Å². The molecule has 1 fully saturated rings. The Balaban J connectivity index is 1.98. The molecule has 0 spiro atoms. The second-order valence-corrected chi connectivity index (χ2v) is 5.97. The van der Waals surface area contributed by atoms with E-state index in [4.69, 9.17) is 0 Å². The maximum absolute atomic E-state index is 12.3. The summed E-state index contributed by atoms with van der Waals surface area (Å²) in [6, 6.07) is 1.89. The zero-order valence-electron chi connectivity index (χ0n) is 13.4. The number of amides is 2. The third-order valence-corrected chi connectivity index (χ3v) is 4.17. The first-order chi connectivity index (χ1) is 10.4. The molecule has 6 heteroatoms. The van der Waals surface area contributed by atoms with Gasteiger partial charge in [0.25, 0.3) is 5.56 Å². The summed E-state index contributed by atoms with van der Waals surface area (Å²) in [5.74, 6) is -0.281. The maximum atomic E-state index is 12.3. The highest BCUT2D eigenvalue weighted by Gasteiger charge is 2.26. The van der Waals surface area contributed by atoms with Crippen LogP contribution in [0.5, 0.6) is 0 Å². The number of H-pyrrole nitrogens is 1. The predicted molar refractivity (Wildman–Crippen MR) is 83.4 cm³/mol. The Morgan fingerprint density at radius 3 is 2.77 bits per heavy atom. The van der Waals surface area contributed by atoms with Crippen molar-refractivity contribution in [2.45, 2.75) is 40.2 Å². The first kappa shape index (κ1) is 16.3. The van der Waals surface area contributed by atoms with E-state index < -0.39 is 0 Å². The van der Waals surface area contributed by atoms with Crippen molar-refractivity contribution < 1.29 is 9.59 Å². The third-order valence-electron chi connectivity index (χ3n) is 4.17. The molecule has 22 heavy (non-hydrogen) atoms. The Morgan fingerprint density at radius 1 is 1.41 bits per heavy atom. The van der Waals surface area contributed by atoms with E-state index in [-0.39, 0.29) is 29.8 Å². The van der Waals surface area contributed by atoms with Crippen molar-refractivity contribution in [2.75, 3.05) is 13.1 Å². The Bertz CT molecular complexity index is 636. The summed E-state index contributed by atoms with van der Waals surface area (Å²) in [6.45, 7) is 6.61. The molecule has 6 nitrogen and oxygen atoms in total. The average Bonchev–Trinajstić information content (AvgIpc) is 2.46. The Hall–Kier alpha value is -2.11. The number of pyridine rings is 1. The molecule has 0 bridgehead atoms. The minimum Gasteiger partial charge on any atom is -0.352 e. The summed E-state index contributed by atoms with van der Waals surface area (Å²) in [5.41, 5.74) is 2.10. The summed E-state index contributed by atoms with van der Waals surface area (Å²) >= 11 is 0. The molecular formula is C16H23N3O3. The van der Waals surface area contributed by atoms with Crippen LogP contribution >= 0.6 is 0 Å². The predicted octanol–water partition coefficient (Wildman–Crippen LogP) is 0.866. The average molecular weight is 305 g/mol. The molecule has 1 aromatic rings. The van der Waals surface area contributed by atoms with Crippen molar-refractivity contribution in [1.29, 1.82) is 0 Å². The molecule has 120 valence electrons. The molecule has 0 aliphatic carbocycles. The third kappa shape index (κ3) is 3.75. The number of hydrogen-bond donors (Lipinski definition) is 2. The van der Waals surface area contributed by atoms with Gasteiger partial charge in [0.15, 0.2) is 0 Å². The number of carbonyl (C=O) groups is 2. The van der Waals surface area contributed by atoms with Crippen LogP contribution < -0.4 is 10.9 Å². The number of aryl methyl sites for hydroxylation is 2. The molecule has 2 N–H and O–H groups in total. The van der Waals surface area contributed by atoms with E-state index in [1.807, 2.05) is 19.9 Å². The van der Waals surface area contributed by atoms with Gasteiger partial charge < -0.3 is 15.2 Å². The van der Waals surface area contributed by atoms with Gasteiger partial charge in [-0.3, -0.25) is 14.4 Å². The molecule has 0 radical (unpaired) electrons. The topological polar surface area (TPSA) is 82.3 Å². The van der Waals surface area contributed by atoms with E-state index in [2.05, 4.69) is 10.3 Å². The van der Waals surface area contributed by atoms with Crippen molar-refractivity contribution >= 4 is 11.8 Å². The number of aromatic amines is 1. The van der Waals surface area contributed by atoms with Gasteiger partial charge in [-0.25, -0.2) is 0 Å². The van der Waals surface area contributed by atoms with Gasteiger partial charge in [0.1, 0.15) is 0 Å². The smallest absolute Gasteiger partial charge is 0.253 e. The van der Waals surface area contributed by atoms with E-state index in [0.29, 0.717) is 12.1 Å². The second kappa shape index (κ2) is 6.77. The van der Waals surface area contributed by atoms with Gasteiger partial charge in [-0.05, 0) is 38.3 Å². The van der Waals surface area contributed by atoms with Gasteiger partial charge in [0.05, 0.1) is 5.92 Å². The van der Waals surface area contributed by atoms with Crippen molar-refractivity contribution in [3.63, 3.8) is 0 Å². The lowest BCUT2D eigenvalue weighted by atomic mass is 9.97. The largest absolute Gasteiger partial charge is 0.352 e. The van der Waals surface area contributed by atoms with Gasteiger partial charge in [0, 0.05) is 37.8 Å². The van der Waals surface area contributed by atoms with Gasteiger partial charge in [0.2, 0.25) is 11.8 Å². The van der Waals surface area contributed by atoms with Crippen LogP contribution in [-0.4, -0.2) is 34.8 Å². The van der Waals surface area contributed by atoms with E-state index >= 15 is 0 Å². The highest BCUT2D eigenvalue weighted by Crippen LogP contribution is 2.17. The van der Waals surface area contributed by atoms with Crippen LogP contribution in [0.3, 0.4) is 0 Å². The lowest BCUT2D eigenvalue weighted by molar-refractivity contribution is -0.134. The lowest BCUT2D eigenvalue weighted by Gasteiger charge is -2.31. The second-order valence-electron chi connectivity index (χ2n) is 5.97. The number of rotatable bonds is 3. The monoisotopic (exact) mass is 305 g/mol. The zero-order valence-corrected chi connectivity index (χ0v) is 13.4. The molecular weight excluding hydrogens is 282 g/mol. The number of carbonyl (C=O) groups excluding carboxylic acids is 2. The lowest BCUT2D eigenvalue weighted by Crippen LogP contribution is -2.44. The molecule has 1 aromatic heterocycles. The van der Waals surface area contributed by atoms with E-state index in [9.17, 15) is 14.4 Å². The fourth-order valence-electron chi connectivity index (χ4n) is 2.90. The van der Waals surface area contributed by atoms with Crippen molar-refractivity contribution in [2.24, 2.45) is 5.92 Å². The molecule has 0 saturated carbocycles. The molecule has 1 unspecified atom stereocenters. The first-order valence-corrected chi connectivity index (χ1v) is 7.61. The SMILES string of the molecule is CC(=O)N1CCCC(C(=O)NCc2c(C)cc(C)[nH]c2=O)C1. The summed E-state index contributed by atoms with van der Waals surface area (Å²) in [6.07, 6.45) is 1.61. The van der Waals surface area contributed by atoms with Crippen molar-refractivity contribution in [3.8, 4) is 0 Å². The molecule has 2 heterocycles. The van der Waals surface area contributed by atoms with Crippen molar-refractivity contribution in [1.82, 2.24) is 15.2 Å². The molecule has 1 aliphatic rings. The molecule has 1 atom stereocenters. The van der Waals surface area contributed by atoms with Crippen LogP contribution in [0.25, 0.3) is 0 Å². The highest BCUT2D eigenvalue weighted by molar-refractivity contribution is 5.80. The summed E-state index contributed by atoms with van der Waals surface area (Å²) in [4.78, 5) is 40.1. The van der Waals surface area contributed by atoms with Crippen LogP contribution in [0, 0.1) is 19.8 Å². The van der Waals surface area contributed by atoms with Crippen molar-refractivity contribution in [3.05, 3.63) is 33.2 Å². The molecule has 2 rings (SSSR count). The Labute approximate surface area is 129 Å². The summed E-state index contributed by atoms with van der Waals surface area (Å²) in [7, 11) is 0. The number of piperidine rings is 1. The first-order valence-electron chi connectivity index (χ1n) is 7.61. The van der Waals surface area contributed by atoms with Crippen LogP contribution in [0.1, 0.15) is 36.6 Å². The zero-order chi connectivity index (χ0) is 16.3. The van der Waals surface area contributed by atoms with Gasteiger partial charge in [-0.2, -0.15) is 0 Å². The number of likely N-dealkylation sites (tertiary alicyclic amines) is 1. The van der Waals surface area contributed by atoms with Gasteiger partial charge in [-0.1, -0.05) is 0 Å². The van der Waals surface area contributed by atoms with E-state index in [1.54, 1.807) is 4.90 Å². The number of nitrogens with zero attached hydrogens (tertiary/aromatic N) is 1. The summed E-state index contributed by atoms with van der Waals surface area (Å²) in [5, 5.41) is 2.83. The molecule has 1 aliphatic heterocycles. The number of hydrogen-bond acceptors (Lipinski definition) is 3. The van der Waals surface area contributed by atoms with Crippen LogP contribution in [-0.2, 0) is 16.1 Å². The minimum atomic E-state index is -0.192. The van der Waals surface area contributed by atoms with Gasteiger partial charge in [-0.15, -0.1) is 0 Å².